The van der Waals surface area contributed by atoms with E-state index in [0.717, 1.165) is 25.0 Å². The molecule has 0 aliphatic carbocycles. The van der Waals surface area contributed by atoms with Gasteiger partial charge in [0, 0.05) is 13.2 Å². The number of hydrogen-bond acceptors (Lipinski definition) is 1. The number of rotatable bonds is 16. The fourth-order valence-electron chi connectivity index (χ4n) is 2.99. The first kappa shape index (κ1) is 21.0. The average Bonchev–Trinajstić information content (AvgIpc) is 2.51. The molecule has 128 valence electrons. The fraction of sp³-hybridized carbons (Fsp3) is 1.00. The molecule has 0 aromatic rings. The van der Waals surface area contributed by atoms with E-state index >= 15 is 0 Å². The van der Waals surface area contributed by atoms with Gasteiger partial charge < -0.3 is 4.74 Å². The van der Waals surface area contributed by atoms with E-state index in [0.29, 0.717) is 0 Å². The maximum absolute atomic E-state index is 6.15. The third-order valence-electron chi connectivity index (χ3n) is 4.57. The molecular formula is C20H42O. The molecule has 0 aromatic carbocycles. The lowest BCUT2D eigenvalue weighted by atomic mass is 9.95. The maximum Gasteiger partial charge on any atom is 0.0494 e. The van der Waals surface area contributed by atoms with Gasteiger partial charge in [-0.15, -0.1) is 0 Å². The average molecular weight is 299 g/mol. The molecule has 0 aromatic heterocycles. The highest BCUT2D eigenvalue weighted by atomic mass is 16.5. The highest BCUT2D eigenvalue weighted by Gasteiger charge is 2.12. The van der Waals surface area contributed by atoms with Gasteiger partial charge >= 0.3 is 0 Å². The van der Waals surface area contributed by atoms with Gasteiger partial charge in [0.25, 0.3) is 0 Å². The van der Waals surface area contributed by atoms with Crippen LogP contribution in [-0.2, 0) is 4.74 Å². The molecule has 0 rings (SSSR count). The summed E-state index contributed by atoms with van der Waals surface area (Å²) in [7, 11) is 0. The summed E-state index contributed by atoms with van der Waals surface area (Å²) in [5.74, 6) is 1.62. The minimum atomic E-state index is 0.808. The second kappa shape index (κ2) is 16.3. The van der Waals surface area contributed by atoms with Crippen molar-refractivity contribution in [2.45, 2.75) is 105 Å². The normalized spacial score (nSPS) is 11.7. The number of ether oxygens (including phenoxy) is 1. The molecule has 0 saturated heterocycles. The van der Waals surface area contributed by atoms with Gasteiger partial charge in [0.15, 0.2) is 0 Å². The monoisotopic (exact) mass is 298 g/mol. The Morgan fingerprint density at radius 3 is 1.05 bits per heavy atom. The van der Waals surface area contributed by atoms with Crippen LogP contribution in [0.5, 0.6) is 0 Å². The molecule has 0 aliphatic heterocycles. The summed E-state index contributed by atoms with van der Waals surface area (Å²) in [5, 5.41) is 0. The first-order valence-corrected chi connectivity index (χ1v) is 9.86. The van der Waals surface area contributed by atoms with Gasteiger partial charge in [0.05, 0.1) is 0 Å². The van der Waals surface area contributed by atoms with Crippen LogP contribution in [0.2, 0.25) is 0 Å². The summed E-state index contributed by atoms with van der Waals surface area (Å²) in [6.07, 6.45) is 16.2. The summed E-state index contributed by atoms with van der Waals surface area (Å²) in [6.45, 7) is 11.2. The maximum atomic E-state index is 6.15. The predicted molar refractivity (Wildman–Crippen MR) is 95.9 cm³/mol. The molecule has 0 bridgehead atoms. The SMILES string of the molecule is CCCCC(CCCC)COCC(CCCC)CCCC. The van der Waals surface area contributed by atoms with Crippen molar-refractivity contribution in [3.8, 4) is 0 Å². The van der Waals surface area contributed by atoms with Crippen molar-refractivity contribution in [3.05, 3.63) is 0 Å². The van der Waals surface area contributed by atoms with Gasteiger partial charge in [-0.2, -0.15) is 0 Å². The molecule has 1 nitrogen and oxygen atoms in total. The Morgan fingerprint density at radius 1 is 0.524 bits per heavy atom. The van der Waals surface area contributed by atoms with Crippen LogP contribution in [-0.4, -0.2) is 13.2 Å². The van der Waals surface area contributed by atoms with Gasteiger partial charge in [0.2, 0.25) is 0 Å². The van der Waals surface area contributed by atoms with Crippen LogP contribution >= 0.6 is 0 Å². The molecular weight excluding hydrogens is 256 g/mol. The first-order chi connectivity index (χ1) is 10.3. The standard InChI is InChI=1S/C20H42O/c1-5-9-13-19(14-10-6-2)17-21-18-20(15-11-7-3)16-12-8-4/h19-20H,5-18H2,1-4H3. The van der Waals surface area contributed by atoms with E-state index in [2.05, 4.69) is 27.7 Å². The molecule has 0 atom stereocenters. The Kier molecular flexibility index (Phi) is 16.3. The fourth-order valence-corrected chi connectivity index (χ4v) is 2.99. The minimum absolute atomic E-state index is 0.808. The summed E-state index contributed by atoms with van der Waals surface area (Å²) >= 11 is 0. The number of hydrogen-bond donors (Lipinski definition) is 0. The Balaban J connectivity index is 3.96. The van der Waals surface area contributed by atoms with E-state index < -0.39 is 0 Å². The van der Waals surface area contributed by atoms with Crippen LogP contribution in [0, 0.1) is 11.8 Å². The van der Waals surface area contributed by atoms with Crippen LogP contribution < -0.4 is 0 Å². The van der Waals surface area contributed by atoms with E-state index in [1.54, 1.807) is 0 Å². The van der Waals surface area contributed by atoms with Crippen molar-refractivity contribution >= 4 is 0 Å². The van der Waals surface area contributed by atoms with Crippen LogP contribution in [0.3, 0.4) is 0 Å². The van der Waals surface area contributed by atoms with Crippen molar-refractivity contribution < 1.29 is 4.74 Å². The molecule has 0 amide bonds. The van der Waals surface area contributed by atoms with E-state index in [-0.39, 0.29) is 0 Å². The van der Waals surface area contributed by atoms with E-state index in [1.165, 1.54) is 77.0 Å². The number of unbranched alkanes of at least 4 members (excludes halogenated alkanes) is 4. The Morgan fingerprint density at radius 2 is 0.810 bits per heavy atom. The molecule has 0 N–H and O–H groups in total. The van der Waals surface area contributed by atoms with Crippen molar-refractivity contribution in [3.63, 3.8) is 0 Å². The minimum Gasteiger partial charge on any atom is -0.381 e. The molecule has 21 heavy (non-hydrogen) atoms. The second-order valence-corrected chi connectivity index (χ2v) is 6.84. The third-order valence-corrected chi connectivity index (χ3v) is 4.57. The molecule has 0 aliphatic rings. The highest BCUT2D eigenvalue weighted by Crippen LogP contribution is 2.20. The van der Waals surface area contributed by atoms with Gasteiger partial charge in [-0.25, -0.2) is 0 Å². The zero-order valence-electron chi connectivity index (χ0n) is 15.5. The lowest BCUT2D eigenvalue weighted by Crippen LogP contribution is -2.16. The Bertz CT molecular complexity index is 154. The molecule has 0 spiro atoms. The zero-order valence-corrected chi connectivity index (χ0v) is 15.5. The molecule has 0 radical (unpaired) electrons. The smallest absolute Gasteiger partial charge is 0.0494 e. The first-order valence-electron chi connectivity index (χ1n) is 9.86. The van der Waals surface area contributed by atoms with Crippen molar-refractivity contribution in [2.24, 2.45) is 11.8 Å². The topological polar surface area (TPSA) is 9.23 Å². The summed E-state index contributed by atoms with van der Waals surface area (Å²) in [6, 6.07) is 0. The zero-order chi connectivity index (χ0) is 15.8. The highest BCUT2D eigenvalue weighted by molar-refractivity contribution is 4.62. The van der Waals surface area contributed by atoms with Gasteiger partial charge in [-0.3, -0.25) is 0 Å². The molecule has 1 heteroatoms. The second-order valence-electron chi connectivity index (χ2n) is 6.84. The van der Waals surface area contributed by atoms with Gasteiger partial charge in [0.1, 0.15) is 0 Å². The molecule has 0 heterocycles. The van der Waals surface area contributed by atoms with Gasteiger partial charge in [-0.05, 0) is 37.5 Å². The van der Waals surface area contributed by atoms with Crippen LogP contribution in [0.1, 0.15) is 105 Å². The van der Waals surface area contributed by atoms with Crippen molar-refractivity contribution in [1.29, 1.82) is 0 Å². The van der Waals surface area contributed by atoms with Gasteiger partial charge in [-0.1, -0.05) is 79.1 Å². The lowest BCUT2D eigenvalue weighted by molar-refractivity contribution is 0.0592. The van der Waals surface area contributed by atoms with E-state index in [9.17, 15) is 0 Å². The quantitative estimate of drug-likeness (QED) is 0.298. The predicted octanol–water partition coefficient (Wildman–Crippen LogP) is 7.00. The third kappa shape index (κ3) is 13.4. The van der Waals surface area contributed by atoms with E-state index in [1.807, 2.05) is 0 Å². The summed E-state index contributed by atoms with van der Waals surface area (Å²) in [5.41, 5.74) is 0. The molecule has 0 unspecified atom stereocenters. The largest absolute Gasteiger partial charge is 0.381 e. The lowest BCUT2D eigenvalue weighted by Gasteiger charge is -2.20. The van der Waals surface area contributed by atoms with Crippen molar-refractivity contribution in [1.82, 2.24) is 0 Å². The van der Waals surface area contributed by atoms with E-state index in [4.69, 9.17) is 4.74 Å². The summed E-state index contributed by atoms with van der Waals surface area (Å²) in [4.78, 5) is 0. The van der Waals surface area contributed by atoms with Crippen LogP contribution in [0.15, 0.2) is 0 Å². The summed E-state index contributed by atoms with van der Waals surface area (Å²) < 4.78 is 6.15. The molecule has 0 fully saturated rings. The van der Waals surface area contributed by atoms with Crippen LogP contribution in [0.25, 0.3) is 0 Å². The van der Waals surface area contributed by atoms with Crippen LogP contribution in [0.4, 0.5) is 0 Å². The Labute approximate surface area is 135 Å². The van der Waals surface area contributed by atoms with Crippen molar-refractivity contribution in [2.75, 3.05) is 13.2 Å². The molecule has 0 saturated carbocycles. The Hall–Kier alpha value is -0.0400.